The van der Waals surface area contributed by atoms with Crippen LogP contribution in [0.2, 0.25) is 0 Å². The first-order chi connectivity index (χ1) is 10.3. The van der Waals surface area contributed by atoms with E-state index in [0.29, 0.717) is 5.92 Å². The number of rotatable bonds is 9. The number of halogens is 1. The first kappa shape index (κ1) is 18.7. The van der Waals surface area contributed by atoms with Crippen LogP contribution in [0.1, 0.15) is 58.3 Å². The van der Waals surface area contributed by atoms with Crippen LogP contribution in [0.25, 0.3) is 0 Å². The highest BCUT2D eigenvalue weighted by Crippen LogP contribution is 2.39. The summed E-state index contributed by atoms with van der Waals surface area (Å²) in [6.07, 6.45) is 19.2. The Morgan fingerprint density at radius 2 is 1.95 bits per heavy atom. The minimum absolute atomic E-state index is 0.554. The Morgan fingerprint density at radius 1 is 1.24 bits per heavy atom. The van der Waals surface area contributed by atoms with Crippen molar-refractivity contribution in [3.63, 3.8) is 0 Å². The van der Waals surface area contributed by atoms with Crippen molar-refractivity contribution in [1.29, 1.82) is 0 Å². The lowest BCUT2D eigenvalue weighted by atomic mass is 9.74. The van der Waals surface area contributed by atoms with E-state index in [1.807, 2.05) is 6.08 Å². The minimum atomic E-state index is 0.554. The van der Waals surface area contributed by atoms with Gasteiger partial charge in [0.05, 0.1) is 0 Å². The fourth-order valence-corrected chi connectivity index (χ4v) is 4.11. The van der Waals surface area contributed by atoms with E-state index in [1.54, 1.807) is 11.1 Å². The predicted molar refractivity (Wildman–Crippen MR) is 105 cm³/mol. The molecule has 0 nitrogen and oxygen atoms in total. The normalized spacial score (nSPS) is 19.3. The maximum Gasteiger partial charge on any atom is 0.0178 e. The zero-order chi connectivity index (χ0) is 15.5. The third kappa shape index (κ3) is 6.14. The Balaban J connectivity index is 3.05. The monoisotopic (exact) mass is 398 g/mol. The van der Waals surface area contributed by atoms with E-state index in [1.165, 1.54) is 44.9 Å². The Morgan fingerprint density at radius 3 is 2.48 bits per heavy atom. The SMILES string of the molecule is C=C/C=C(\CCC)[C@@H](CC=C)/C(=C\CI)C1CCCCC1. The fraction of sp³-hybridized carbons (Fsp3) is 0.600. The molecule has 0 aromatic heterocycles. The van der Waals surface area contributed by atoms with Crippen LogP contribution in [0, 0.1) is 11.8 Å². The van der Waals surface area contributed by atoms with Crippen molar-refractivity contribution in [2.24, 2.45) is 11.8 Å². The Labute approximate surface area is 145 Å². The molecule has 0 unspecified atom stereocenters. The van der Waals surface area contributed by atoms with Crippen molar-refractivity contribution in [3.8, 4) is 0 Å². The van der Waals surface area contributed by atoms with Crippen LogP contribution < -0.4 is 0 Å². The molecular weight excluding hydrogens is 367 g/mol. The molecule has 0 N–H and O–H groups in total. The molecule has 21 heavy (non-hydrogen) atoms. The van der Waals surface area contributed by atoms with Gasteiger partial charge in [-0.1, -0.05) is 97.2 Å². The molecule has 0 aliphatic heterocycles. The summed E-state index contributed by atoms with van der Waals surface area (Å²) >= 11 is 2.48. The minimum Gasteiger partial charge on any atom is -0.103 e. The van der Waals surface area contributed by atoms with Gasteiger partial charge in [-0.2, -0.15) is 0 Å². The molecule has 1 atom stereocenters. The van der Waals surface area contributed by atoms with E-state index in [9.17, 15) is 0 Å². The molecule has 118 valence electrons. The van der Waals surface area contributed by atoms with Crippen LogP contribution in [0.3, 0.4) is 0 Å². The van der Waals surface area contributed by atoms with Crippen LogP contribution in [0.5, 0.6) is 0 Å². The van der Waals surface area contributed by atoms with Gasteiger partial charge < -0.3 is 0 Å². The van der Waals surface area contributed by atoms with Gasteiger partial charge in [0.1, 0.15) is 0 Å². The summed E-state index contributed by atoms with van der Waals surface area (Å²) in [5, 5.41) is 0. The maximum atomic E-state index is 4.01. The molecule has 0 aromatic carbocycles. The average Bonchev–Trinajstić information content (AvgIpc) is 2.51. The van der Waals surface area contributed by atoms with Gasteiger partial charge in [-0.15, -0.1) is 6.58 Å². The maximum absolute atomic E-state index is 4.01. The number of hydrogen-bond acceptors (Lipinski definition) is 0. The zero-order valence-corrected chi connectivity index (χ0v) is 15.8. The largest absolute Gasteiger partial charge is 0.103 e. The number of allylic oxidation sites excluding steroid dienone is 6. The van der Waals surface area contributed by atoms with Gasteiger partial charge in [0.15, 0.2) is 0 Å². The Bertz CT molecular complexity index is 369. The summed E-state index contributed by atoms with van der Waals surface area (Å²) in [4.78, 5) is 0. The lowest BCUT2D eigenvalue weighted by molar-refractivity contribution is 0.378. The van der Waals surface area contributed by atoms with Crippen LogP contribution >= 0.6 is 22.6 Å². The van der Waals surface area contributed by atoms with Crippen LogP contribution in [-0.4, -0.2) is 4.43 Å². The molecule has 1 fully saturated rings. The molecule has 0 heterocycles. The highest BCUT2D eigenvalue weighted by Gasteiger charge is 2.25. The molecule has 1 heteroatoms. The first-order valence-electron chi connectivity index (χ1n) is 8.46. The molecule has 0 radical (unpaired) electrons. The van der Waals surface area contributed by atoms with E-state index in [2.05, 4.69) is 60.9 Å². The topological polar surface area (TPSA) is 0 Å². The van der Waals surface area contributed by atoms with E-state index in [-0.39, 0.29) is 0 Å². The second kappa shape index (κ2) is 11.3. The zero-order valence-electron chi connectivity index (χ0n) is 13.6. The summed E-state index contributed by atoms with van der Waals surface area (Å²) in [6.45, 7) is 10.2. The van der Waals surface area contributed by atoms with Gasteiger partial charge in [-0.25, -0.2) is 0 Å². The molecule has 0 amide bonds. The number of alkyl halides is 1. The van der Waals surface area contributed by atoms with Crippen molar-refractivity contribution >= 4 is 22.6 Å². The average molecular weight is 398 g/mol. The molecular formula is C20H31I. The van der Waals surface area contributed by atoms with Gasteiger partial charge in [0.25, 0.3) is 0 Å². The van der Waals surface area contributed by atoms with E-state index < -0.39 is 0 Å². The summed E-state index contributed by atoms with van der Waals surface area (Å²) in [5.41, 5.74) is 3.24. The highest BCUT2D eigenvalue weighted by molar-refractivity contribution is 14.1. The summed E-state index contributed by atoms with van der Waals surface area (Å²) in [6, 6.07) is 0. The van der Waals surface area contributed by atoms with Crippen molar-refractivity contribution in [1.82, 2.24) is 0 Å². The first-order valence-corrected chi connectivity index (χ1v) is 9.99. The van der Waals surface area contributed by atoms with Gasteiger partial charge in [-0.05, 0) is 31.6 Å². The molecule has 1 rings (SSSR count). The molecule has 0 aromatic rings. The van der Waals surface area contributed by atoms with Crippen LogP contribution in [-0.2, 0) is 0 Å². The standard InChI is InChI=1S/C20H31I/c1-4-10-17(11-5-2)19(12-6-3)20(15-16-21)18-13-8-7-9-14-18/h4,6,10,15,18-19H,1,3,5,7-9,11-14,16H2,2H3/b17-10+,20-15-/t19-/m1/s1. The number of hydrogen-bond donors (Lipinski definition) is 0. The van der Waals surface area contributed by atoms with Crippen LogP contribution in [0.4, 0.5) is 0 Å². The lowest BCUT2D eigenvalue weighted by Crippen LogP contribution is -2.18. The third-order valence-electron chi connectivity index (χ3n) is 4.51. The van der Waals surface area contributed by atoms with Crippen molar-refractivity contribution < 1.29 is 0 Å². The fourth-order valence-electron chi connectivity index (χ4n) is 3.60. The van der Waals surface area contributed by atoms with E-state index >= 15 is 0 Å². The molecule has 0 bridgehead atoms. The molecule has 1 saturated carbocycles. The van der Waals surface area contributed by atoms with Crippen molar-refractivity contribution in [2.45, 2.75) is 58.3 Å². The smallest absolute Gasteiger partial charge is 0.0178 e. The lowest BCUT2D eigenvalue weighted by Gasteiger charge is -2.31. The Hall–Kier alpha value is -0.310. The van der Waals surface area contributed by atoms with Crippen LogP contribution in [0.15, 0.2) is 48.6 Å². The van der Waals surface area contributed by atoms with Gasteiger partial charge in [0, 0.05) is 10.3 Å². The summed E-state index contributed by atoms with van der Waals surface area (Å²) in [7, 11) is 0. The Kier molecular flexibility index (Phi) is 10.1. The summed E-state index contributed by atoms with van der Waals surface area (Å²) < 4.78 is 1.12. The molecule has 0 spiro atoms. The third-order valence-corrected chi connectivity index (χ3v) is 4.95. The van der Waals surface area contributed by atoms with Crippen molar-refractivity contribution in [3.05, 3.63) is 48.6 Å². The summed E-state index contributed by atoms with van der Waals surface area (Å²) in [5.74, 6) is 1.35. The molecule has 1 aliphatic carbocycles. The quantitative estimate of drug-likeness (QED) is 0.169. The van der Waals surface area contributed by atoms with Gasteiger partial charge in [0.2, 0.25) is 0 Å². The van der Waals surface area contributed by atoms with Gasteiger partial charge in [-0.3, -0.25) is 0 Å². The van der Waals surface area contributed by atoms with E-state index in [4.69, 9.17) is 0 Å². The second-order valence-corrected chi connectivity index (χ2v) is 6.88. The van der Waals surface area contributed by atoms with Gasteiger partial charge >= 0.3 is 0 Å². The second-order valence-electron chi connectivity index (χ2n) is 6.00. The molecule has 0 saturated heterocycles. The van der Waals surface area contributed by atoms with E-state index in [0.717, 1.165) is 16.8 Å². The predicted octanol–water partition coefficient (Wildman–Crippen LogP) is 7.03. The highest BCUT2D eigenvalue weighted by atomic mass is 127. The molecule has 1 aliphatic rings. The van der Waals surface area contributed by atoms with Crippen molar-refractivity contribution in [2.75, 3.05) is 4.43 Å².